The van der Waals surface area contributed by atoms with Crippen molar-refractivity contribution < 1.29 is 42.1 Å². The van der Waals surface area contributed by atoms with E-state index in [1.165, 1.54) is 43.0 Å². The molecule has 0 radical (unpaired) electrons. The fourth-order valence-corrected chi connectivity index (χ4v) is 14.9. The van der Waals surface area contributed by atoms with Gasteiger partial charge in [0.1, 0.15) is 11.9 Å². The molecule has 6 saturated carbocycles. The number of aliphatic hydroxyl groups excluding tert-OH is 1. The highest BCUT2D eigenvalue weighted by Crippen LogP contribution is 2.62. The third-order valence-electron chi connectivity index (χ3n) is 17.9. The SMILES string of the molecule is CC1=CCCC2(C)C(CCC2(O)CN(CC23CC4CC(CC(C4)C2)C3)C(=O)OC2CC(C)CCC2C(C)C)c2ccc(cc2C(=O)c2ccc(-c3cc(C(F)(F)F)ccc3Cl)o2)CC(O)CC1. The first-order valence-corrected chi connectivity index (χ1v) is 25.8. The number of carbonyl (C=O) groups excluding carboxylic acids is 2. The lowest BCUT2D eigenvalue weighted by Crippen LogP contribution is -2.58. The van der Waals surface area contributed by atoms with Crippen molar-refractivity contribution in [3.05, 3.63) is 93.2 Å². The minimum Gasteiger partial charge on any atom is -0.453 e. The van der Waals surface area contributed by atoms with E-state index in [0.717, 1.165) is 61.8 Å². The molecule has 0 saturated heterocycles. The standard InChI is InChI=1S/C56H71ClF3NO6/c1-33(2)42-13-9-35(4)21-50(42)67-52(64)61(31-54-28-37-22-38(29-54)24-39(23-37)30-54)32-55(65)20-18-46-43-14-10-36(25-41(62)12-8-34(3)7-6-19-53(46,55)5)26-44(43)51(63)49-17-16-48(66-49)45-27-40(56(58,59)60)11-15-47(45)57/h7,10-11,14-17,26-27,33,35,37-39,41-42,46,50,62,65H,6,8-9,12-13,18-25,28-32H2,1-5H3. The van der Waals surface area contributed by atoms with Crippen LogP contribution in [0, 0.1) is 46.3 Å². The van der Waals surface area contributed by atoms with Crippen LogP contribution in [0.15, 0.2) is 64.6 Å². The molecular weight excluding hydrogens is 875 g/mol. The minimum absolute atomic E-state index is 0.00359. The van der Waals surface area contributed by atoms with Gasteiger partial charge in [0.25, 0.3) is 0 Å². The van der Waals surface area contributed by atoms with Crippen molar-refractivity contribution in [2.45, 2.75) is 167 Å². The fourth-order valence-electron chi connectivity index (χ4n) is 14.7. The Kier molecular flexibility index (Phi) is 13.5. The van der Waals surface area contributed by atoms with Crippen LogP contribution in [0.25, 0.3) is 11.3 Å². The molecule has 0 aliphatic heterocycles. The molecule has 6 bridgehead atoms. The third-order valence-corrected chi connectivity index (χ3v) is 18.3. The lowest BCUT2D eigenvalue weighted by molar-refractivity contribution is -0.137. The molecule has 8 aliphatic carbocycles. The number of fused-ring (bicyclic) bond motifs is 8. The molecular formula is C56H71ClF3NO6. The van der Waals surface area contributed by atoms with Crippen molar-refractivity contribution in [1.82, 2.24) is 4.90 Å². The van der Waals surface area contributed by atoms with Gasteiger partial charge in [-0.1, -0.05) is 69.5 Å². The van der Waals surface area contributed by atoms with Gasteiger partial charge in [-0.3, -0.25) is 4.79 Å². The number of furan rings is 1. The lowest BCUT2D eigenvalue weighted by atomic mass is 9.49. The molecule has 7 atom stereocenters. The van der Waals surface area contributed by atoms with Gasteiger partial charge in [0.15, 0.2) is 5.76 Å². The molecule has 3 aromatic rings. The molecule has 364 valence electrons. The summed E-state index contributed by atoms with van der Waals surface area (Å²) in [5.74, 6) is 2.38. The summed E-state index contributed by atoms with van der Waals surface area (Å²) in [6, 6.07) is 11.7. The first-order valence-electron chi connectivity index (χ1n) is 25.4. The van der Waals surface area contributed by atoms with E-state index >= 15 is 4.79 Å². The summed E-state index contributed by atoms with van der Waals surface area (Å²) >= 11 is 6.41. The van der Waals surface area contributed by atoms with Crippen LogP contribution in [0.2, 0.25) is 5.02 Å². The number of hydrogen-bond donors (Lipinski definition) is 2. The van der Waals surface area contributed by atoms with Gasteiger partial charge in [0.05, 0.1) is 28.8 Å². The van der Waals surface area contributed by atoms with E-state index in [9.17, 15) is 28.2 Å². The maximum atomic E-state index is 15.1. The largest absolute Gasteiger partial charge is 0.453 e. The average Bonchev–Trinajstić information content (AvgIpc) is 3.84. The number of benzene rings is 2. The summed E-state index contributed by atoms with van der Waals surface area (Å²) in [5.41, 5.74) is 0.0157. The van der Waals surface area contributed by atoms with Crippen molar-refractivity contribution in [2.75, 3.05) is 13.1 Å². The first-order chi connectivity index (χ1) is 31.7. The Morgan fingerprint density at radius 1 is 0.925 bits per heavy atom. The van der Waals surface area contributed by atoms with E-state index in [2.05, 4.69) is 40.7 Å². The maximum Gasteiger partial charge on any atom is 0.416 e. The highest BCUT2D eigenvalue weighted by Gasteiger charge is 2.59. The summed E-state index contributed by atoms with van der Waals surface area (Å²) < 4.78 is 54.1. The summed E-state index contributed by atoms with van der Waals surface area (Å²) in [5, 5.41) is 24.8. The van der Waals surface area contributed by atoms with Gasteiger partial charge in [0.2, 0.25) is 5.78 Å². The molecule has 2 N–H and O–H groups in total. The van der Waals surface area contributed by atoms with Crippen molar-refractivity contribution in [3.63, 3.8) is 0 Å². The maximum absolute atomic E-state index is 15.1. The van der Waals surface area contributed by atoms with E-state index in [0.29, 0.717) is 86.6 Å². The van der Waals surface area contributed by atoms with E-state index in [1.54, 1.807) is 0 Å². The number of rotatable bonds is 9. The number of alkyl halides is 3. The van der Waals surface area contributed by atoms with Gasteiger partial charge >= 0.3 is 12.3 Å². The van der Waals surface area contributed by atoms with Crippen LogP contribution < -0.4 is 0 Å². The Bertz CT molecular complexity index is 2320. The number of ether oxygens (including phenoxy) is 1. The number of halogens is 4. The number of amides is 1. The number of hydrogen-bond acceptors (Lipinski definition) is 6. The molecule has 1 amide bonds. The predicted octanol–water partition coefficient (Wildman–Crippen LogP) is 14.0. The first kappa shape index (κ1) is 48.4. The summed E-state index contributed by atoms with van der Waals surface area (Å²) in [6.07, 6.45) is 10.4. The van der Waals surface area contributed by atoms with Crippen LogP contribution >= 0.6 is 11.6 Å². The normalized spacial score (nSPS) is 34.2. The molecule has 67 heavy (non-hydrogen) atoms. The zero-order chi connectivity index (χ0) is 47.6. The van der Waals surface area contributed by atoms with Crippen LogP contribution in [0.1, 0.15) is 170 Å². The highest BCUT2D eigenvalue weighted by molar-refractivity contribution is 6.33. The zero-order valence-corrected chi connectivity index (χ0v) is 40.9. The van der Waals surface area contributed by atoms with Crippen molar-refractivity contribution in [1.29, 1.82) is 0 Å². The molecule has 7 nitrogen and oxygen atoms in total. The van der Waals surface area contributed by atoms with E-state index in [-0.39, 0.29) is 58.1 Å². The predicted molar refractivity (Wildman–Crippen MR) is 255 cm³/mol. The molecule has 2 aromatic carbocycles. The lowest BCUT2D eigenvalue weighted by Gasteiger charge is -2.58. The summed E-state index contributed by atoms with van der Waals surface area (Å²) in [4.78, 5) is 31.9. The fraction of sp³-hybridized carbons (Fsp3) is 0.643. The smallest absolute Gasteiger partial charge is 0.416 e. The molecule has 6 fully saturated rings. The summed E-state index contributed by atoms with van der Waals surface area (Å²) in [6.45, 7) is 11.6. The molecule has 7 unspecified atom stereocenters. The number of carbonyl (C=O) groups is 2. The molecule has 11 rings (SSSR count). The molecule has 0 spiro atoms. The topological polar surface area (TPSA) is 100 Å². The minimum atomic E-state index is -4.60. The summed E-state index contributed by atoms with van der Waals surface area (Å²) in [7, 11) is 0. The van der Waals surface area contributed by atoms with Gasteiger partial charge in [-0.05, 0) is 198 Å². The van der Waals surface area contributed by atoms with Crippen LogP contribution in [-0.4, -0.2) is 57.9 Å². The van der Waals surface area contributed by atoms with Crippen LogP contribution in [-0.2, 0) is 17.3 Å². The van der Waals surface area contributed by atoms with E-state index < -0.39 is 34.6 Å². The molecule has 1 heterocycles. The Morgan fingerprint density at radius 3 is 2.33 bits per heavy atom. The van der Waals surface area contributed by atoms with Crippen LogP contribution in [0.3, 0.4) is 0 Å². The van der Waals surface area contributed by atoms with Crippen molar-refractivity contribution in [3.8, 4) is 11.3 Å². The second-order valence-corrected chi connectivity index (χ2v) is 23.6. The number of aliphatic hydroxyl groups is 2. The van der Waals surface area contributed by atoms with Gasteiger partial charge in [-0.15, -0.1) is 0 Å². The number of allylic oxidation sites excluding steroid dienone is 2. The highest BCUT2D eigenvalue weighted by atomic mass is 35.5. The second-order valence-electron chi connectivity index (χ2n) is 23.2. The second kappa shape index (κ2) is 18.6. The van der Waals surface area contributed by atoms with E-state index in [4.69, 9.17) is 20.8 Å². The molecule has 8 aliphatic rings. The van der Waals surface area contributed by atoms with Crippen LogP contribution in [0.5, 0.6) is 0 Å². The van der Waals surface area contributed by atoms with Gasteiger partial charge in [0, 0.05) is 23.1 Å². The van der Waals surface area contributed by atoms with Gasteiger partial charge in [-0.25, -0.2) is 4.79 Å². The van der Waals surface area contributed by atoms with E-state index in [1.807, 2.05) is 23.1 Å². The average molecular weight is 947 g/mol. The monoisotopic (exact) mass is 945 g/mol. The Hall–Kier alpha value is -3.60. The van der Waals surface area contributed by atoms with Gasteiger partial charge < -0.3 is 24.3 Å². The number of ketones is 1. The van der Waals surface area contributed by atoms with Crippen molar-refractivity contribution in [2.24, 2.45) is 46.3 Å². The Balaban J connectivity index is 1.09. The van der Waals surface area contributed by atoms with Gasteiger partial charge in [-0.2, -0.15) is 13.2 Å². The zero-order valence-electron chi connectivity index (χ0n) is 40.1. The molecule has 1 aromatic heterocycles. The van der Waals surface area contributed by atoms with Crippen LogP contribution in [0.4, 0.5) is 18.0 Å². The molecule has 11 heteroatoms. The third kappa shape index (κ3) is 9.80. The Labute approximate surface area is 400 Å². The van der Waals surface area contributed by atoms with Crippen molar-refractivity contribution >= 4 is 23.5 Å². The quantitative estimate of drug-likeness (QED) is 0.164. The number of nitrogens with zero attached hydrogens (tertiary/aromatic N) is 1. The Morgan fingerprint density at radius 2 is 1.64 bits per heavy atom.